The highest BCUT2D eigenvalue weighted by molar-refractivity contribution is 7.89. The van der Waals surface area contributed by atoms with Crippen LogP contribution in [-0.4, -0.2) is 19.5 Å². The smallest absolute Gasteiger partial charge is 0.335 e. The summed E-state index contributed by atoms with van der Waals surface area (Å²) in [6.07, 6.45) is 0. The Balaban J connectivity index is 0.000000204. The van der Waals surface area contributed by atoms with E-state index in [0.29, 0.717) is 5.56 Å². The predicted molar refractivity (Wildman–Crippen MR) is 76.0 cm³/mol. The van der Waals surface area contributed by atoms with Crippen molar-refractivity contribution in [2.75, 3.05) is 0 Å². The van der Waals surface area contributed by atoms with Gasteiger partial charge in [0, 0.05) is 0 Å². The van der Waals surface area contributed by atoms with Gasteiger partial charge in [-0.15, -0.1) is 0 Å². The van der Waals surface area contributed by atoms with E-state index in [2.05, 4.69) is 0 Å². The Morgan fingerprint density at radius 3 is 1.85 bits per heavy atom. The van der Waals surface area contributed by atoms with Crippen LogP contribution in [0.25, 0.3) is 0 Å². The SMILES string of the molecule is Cc1ccc(S(N)(=O)=O)cc1.O=C(O)c1ccccc1. The third-order valence-corrected chi connectivity index (χ3v) is 3.30. The zero-order valence-corrected chi connectivity index (χ0v) is 11.7. The number of aryl methyl sites for hydroxylation is 1. The molecule has 0 amide bonds. The summed E-state index contributed by atoms with van der Waals surface area (Å²) < 4.78 is 21.4. The fourth-order valence-electron chi connectivity index (χ4n) is 1.31. The van der Waals surface area contributed by atoms with E-state index < -0.39 is 16.0 Å². The van der Waals surface area contributed by atoms with E-state index >= 15 is 0 Å². The number of sulfonamides is 1. The van der Waals surface area contributed by atoms with Gasteiger partial charge < -0.3 is 5.11 Å². The molecule has 0 spiro atoms. The van der Waals surface area contributed by atoms with E-state index in [1.807, 2.05) is 6.92 Å². The van der Waals surface area contributed by atoms with Crippen molar-refractivity contribution in [3.05, 3.63) is 65.7 Å². The molecule has 0 saturated heterocycles. The van der Waals surface area contributed by atoms with Crippen molar-refractivity contribution in [3.63, 3.8) is 0 Å². The molecule has 0 bridgehead atoms. The second kappa shape index (κ2) is 6.83. The lowest BCUT2D eigenvalue weighted by atomic mass is 10.2. The van der Waals surface area contributed by atoms with Crippen LogP contribution in [-0.2, 0) is 10.0 Å². The molecule has 0 heterocycles. The van der Waals surface area contributed by atoms with Crippen molar-refractivity contribution in [1.29, 1.82) is 0 Å². The Hall–Kier alpha value is -2.18. The number of hydrogen-bond donors (Lipinski definition) is 2. The molecule has 0 aliphatic carbocycles. The highest BCUT2D eigenvalue weighted by Crippen LogP contribution is 2.06. The van der Waals surface area contributed by atoms with Gasteiger partial charge in [0.05, 0.1) is 10.5 Å². The number of aromatic carboxylic acids is 1. The van der Waals surface area contributed by atoms with E-state index in [0.717, 1.165) is 5.56 Å². The number of rotatable bonds is 2. The largest absolute Gasteiger partial charge is 0.478 e. The van der Waals surface area contributed by atoms with E-state index in [1.54, 1.807) is 42.5 Å². The molecular formula is C14H15NO4S. The summed E-state index contributed by atoms with van der Waals surface area (Å²) in [7, 11) is -3.52. The zero-order valence-electron chi connectivity index (χ0n) is 10.9. The van der Waals surface area contributed by atoms with Crippen LogP contribution in [0.4, 0.5) is 0 Å². The first-order chi connectivity index (χ1) is 9.30. The van der Waals surface area contributed by atoms with Crippen molar-refractivity contribution in [1.82, 2.24) is 0 Å². The summed E-state index contributed by atoms with van der Waals surface area (Å²) in [6.45, 7) is 1.88. The second-order valence-electron chi connectivity index (χ2n) is 4.03. The molecule has 3 N–H and O–H groups in total. The number of primary sulfonamides is 1. The first kappa shape index (κ1) is 15.9. The minimum atomic E-state index is -3.52. The molecule has 2 aromatic carbocycles. The van der Waals surface area contributed by atoms with Crippen LogP contribution in [0.5, 0.6) is 0 Å². The lowest BCUT2D eigenvalue weighted by Gasteiger charge is -1.96. The molecule has 106 valence electrons. The maximum absolute atomic E-state index is 10.7. The van der Waals surface area contributed by atoms with Crippen LogP contribution in [0.1, 0.15) is 15.9 Å². The van der Waals surface area contributed by atoms with E-state index in [1.165, 1.54) is 12.1 Å². The number of carbonyl (C=O) groups is 1. The monoisotopic (exact) mass is 293 g/mol. The van der Waals surface area contributed by atoms with Crippen molar-refractivity contribution in [2.45, 2.75) is 11.8 Å². The van der Waals surface area contributed by atoms with Crippen LogP contribution in [0.3, 0.4) is 0 Å². The average molecular weight is 293 g/mol. The first-order valence-corrected chi connectivity index (χ1v) is 7.23. The molecule has 0 fully saturated rings. The molecule has 0 aliphatic rings. The van der Waals surface area contributed by atoms with E-state index in [4.69, 9.17) is 10.2 Å². The summed E-state index contributed by atoms with van der Waals surface area (Å²) in [5, 5.41) is 13.3. The standard InChI is InChI=1S/C7H9NO2S.C7H6O2/c1-6-2-4-7(5-3-6)11(8,9)10;8-7(9)6-4-2-1-3-5-6/h2-5H,1H3,(H2,8,9,10);1-5H,(H,8,9). The van der Waals surface area contributed by atoms with Crippen LogP contribution in [0.15, 0.2) is 59.5 Å². The van der Waals surface area contributed by atoms with Crippen LogP contribution in [0, 0.1) is 6.92 Å². The van der Waals surface area contributed by atoms with Gasteiger partial charge in [0.1, 0.15) is 0 Å². The Morgan fingerprint density at radius 1 is 1.00 bits per heavy atom. The highest BCUT2D eigenvalue weighted by Gasteiger charge is 2.04. The maximum atomic E-state index is 10.7. The molecule has 0 radical (unpaired) electrons. The van der Waals surface area contributed by atoms with Gasteiger partial charge >= 0.3 is 5.97 Å². The molecule has 2 aromatic rings. The quantitative estimate of drug-likeness (QED) is 0.885. The topological polar surface area (TPSA) is 97.5 Å². The van der Waals surface area contributed by atoms with Crippen molar-refractivity contribution in [2.24, 2.45) is 5.14 Å². The third-order valence-electron chi connectivity index (χ3n) is 2.37. The third kappa shape index (κ3) is 5.21. The molecule has 0 aliphatic heterocycles. The minimum absolute atomic E-state index is 0.156. The van der Waals surface area contributed by atoms with Gasteiger partial charge in [-0.1, -0.05) is 35.9 Å². The van der Waals surface area contributed by atoms with Gasteiger partial charge in [0.15, 0.2) is 0 Å². The number of benzene rings is 2. The molecule has 0 saturated carbocycles. The van der Waals surface area contributed by atoms with Crippen LogP contribution in [0.2, 0.25) is 0 Å². The number of nitrogens with two attached hydrogens (primary N) is 1. The van der Waals surface area contributed by atoms with Gasteiger partial charge in [-0.25, -0.2) is 18.4 Å². The lowest BCUT2D eigenvalue weighted by molar-refractivity contribution is 0.0697. The summed E-state index contributed by atoms with van der Waals surface area (Å²) >= 11 is 0. The summed E-state index contributed by atoms with van der Waals surface area (Å²) in [6, 6.07) is 14.7. The fraction of sp³-hybridized carbons (Fsp3) is 0.0714. The van der Waals surface area contributed by atoms with Crippen molar-refractivity contribution >= 4 is 16.0 Å². The normalized spacial score (nSPS) is 10.3. The zero-order chi connectivity index (χ0) is 15.2. The van der Waals surface area contributed by atoms with Gasteiger partial charge in [-0.2, -0.15) is 0 Å². The highest BCUT2D eigenvalue weighted by atomic mass is 32.2. The number of carboxylic acid groups (broad SMARTS) is 1. The Bertz CT molecular complexity index is 664. The van der Waals surface area contributed by atoms with E-state index in [-0.39, 0.29) is 4.90 Å². The first-order valence-electron chi connectivity index (χ1n) is 5.68. The number of carboxylic acids is 1. The van der Waals surface area contributed by atoms with E-state index in [9.17, 15) is 13.2 Å². The van der Waals surface area contributed by atoms with Gasteiger partial charge in [-0.05, 0) is 31.2 Å². The molecule has 0 aromatic heterocycles. The van der Waals surface area contributed by atoms with Gasteiger partial charge in [0.2, 0.25) is 10.0 Å². The fourth-order valence-corrected chi connectivity index (χ4v) is 1.82. The molecule has 20 heavy (non-hydrogen) atoms. The molecule has 0 unspecified atom stereocenters. The lowest BCUT2D eigenvalue weighted by Crippen LogP contribution is -2.11. The van der Waals surface area contributed by atoms with Crippen molar-refractivity contribution < 1.29 is 18.3 Å². The predicted octanol–water partition coefficient (Wildman–Crippen LogP) is 2.03. The summed E-state index contributed by atoms with van der Waals surface area (Å²) in [5.41, 5.74) is 1.34. The maximum Gasteiger partial charge on any atom is 0.335 e. The molecule has 0 atom stereocenters. The van der Waals surface area contributed by atoms with Crippen molar-refractivity contribution in [3.8, 4) is 0 Å². The molecular weight excluding hydrogens is 278 g/mol. The van der Waals surface area contributed by atoms with Gasteiger partial charge in [-0.3, -0.25) is 0 Å². The minimum Gasteiger partial charge on any atom is -0.478 e. The number of hydrogen-bond acceptors (Lipinski definition) is 3. The second-order valence-corrected chi connectivity index (χ2v) is 5.59. The Labute approximate surface area is 117 Å². The Kier molecular flexibility index (Phi) is 5.42. The average Bonchev–Trinajstić information content (AvgIpc) is 2.40. The van der Waals surface area contributed by atoms with Crippen LogP contribution < -0.4 is 5.14 Å². The molecule has 5 nitrogen and oxygen atoms in total. The molecule has 2 rings (SSSR count). The molecule has 6 heteroatoms. The van der Waals surface area contributed by atoms with Crippen LogP contribution >= 0.6 is 0 Å². The summed E-state index contributed by atoms with van der Waals surface area (Å²) in [5.74, 6) is -0.879. The summed E-state index contributed by atoms with van der Waals surface area (Å²) in [4.78, 5) is 10.4. The van der Waals surface area contributed by atoms with Gasteiger partial charge in [0.25, 0.3) is 0 Å². The Morgan fingerprint density at radius 2 is 1.50 bits per heavy atom.